The lowest BCUT2D eigenvalue weighted by atomic mass is 10.2. The lowest BCUT2D eigenvalue weighted by molar-refractivity contribution is 0.112. The van der Waals surface area contributed by atoms with Crippen LogP contribution in [0.2, 0.25) is 5.02 Å². The Bertz CT molecular complexity index is 529. The van der Waals surface area contributed by atoms with Crippen LogP contribution in [-0.4, -0.2) is 17.9 Å². The topological polar surface area (TPSA) is 39.2 Å². The smallest absolute Gasteiger partial charge is 0.151 e. The van der Waals surface area contributed by atoms with Gasteiger partial charge in [-0.25, -0.2) is 0 Å². The number of hydrogen-bond donors (Lipinski definition) is 0. The summed E-state index contributed by atoms with van der Waals surface area (Å²) in [6.07, 6.45) is 3.16. The van der Waals surface area contributed by atoms with E-state index in [2.05, 4.69) is 4.98 Å². The van der Waals surface area contributed by atoms with Gasteiger partial charge in [-0.15, -0.1) is 0 Å². The molecule has 4 heteroatoms. The van der Waals surface area contributed by atoms with Gasteiger partial charge in [0.05, 0.1) is 11.6 Å². The molecule has 1 aromatic heterocycles. The average Bonchev–Trinajstić information content (AvgIpc) is 2.42. The van der Waals surface area contributed by atoms with Crippen LogP contribution in [0.3, 0.4) is 0 Å². The Hall–Kier alpha value is -1.87. The Morgan fingerprint density at radius 2 is 2.11 bits per heavy atom. The second-order valence-corrected chi connectivity index (χ2v) is 4.07. The molecular weight excluding hydrogens is 250 g/mol. The summed E-state index contributed by atoms with van der Waals surface area (Å²) < 4.78 is 5.55. The summed E-state index contributed by atoms with van der Waals surface area (Å²) in [6.45, 7) is 0.471. The molecule has 0 aliphatic rings. The number of aldehydes is 1. The molecular formula is C14H12ClNO2. The maximum Gasteiger partial charge on any atom is 0.151 e. The molecule has 92 valence electrons. The summed E-state index contributed by atoms with van der Waals surface area (Å²) >= 11 is 6.02. The molecule has 0 aliphatic carbocycles. The number of nitrogens with zero attached hydrogens (tertiary/aromatic N) is 1. The molecule has 0 spiro atoms. The Morgan fingerprint density at radius 1 is 1.22 bits per heavy atom. The van der Waals surface area contributed by atoms with Crippen LogP contribution in [-0.2, 0) is 6.42 Å². The van der Waals surface area contributed by atoms with E-state index in [1.807, 2.05) is 18.2 Å². The number of rotatable bonds is 5. The minimum Gasteiger partial charge on any atom is -0.492 e. The summed E-state index contributed by atoms with van der Waals surface area (Å²) in [5.74, 6) is 0.525. The van der Waals surface area contributed by atoms with Gasteiger partial charge in [0.1, 0.15) is 5.75 Å². The number of halogens is 1. The van der Waals surface area contributed by atoms with Gasteiger partial charge in [0.25, 0.3) is 0 Å². The predicted molar refractivity (Wildman–Crippen MR) is 70.3 cm³/mol. The molecule has 18 heavy (non-hydrogen) atoms. The van der Waals surface area contributed by atoms with Gasteiger partial charge in [-0.2, -0.15) is 0 Å². The van der Waals surface area contributed by atoms with Gasteiger partial charge in [-0.3, -0.25) is 9.78 Å². The lowest BCUT2D eigenvalue weighted by Gasteiger charge is -2.08. The van der Waals surface area contributed by atoms with E-state index in [0.29, 0.717) is 35.6 Å². The van der Waals surface area contributed by atoms with Gasteiger partial charge in [0, 0.05) is 23.9 Å². The zero-order valence-electron chi connectivity index (χ0n) is 9.67. The zero-order chi connectivity index (χ0) is 12.8. The number of benzene rings is 1. The summed E-state index contributed by atoms with van der Waals surface area (Å²) in [5.41, 5.74) is 1.40. The highest BCUT2D eigenvalue weighted by Gasteiger charge is 2.06. The van der Waals surface area contributed by atoms with E-state index in [0.717, 1.165) is 5.69 Å². The largest absolute Gasteiger partial charge is 0.492 e. The minimum atomic E-state index is 0.355. The van der Waals surface area contributed by atoms with E-state index in [1.54, 1.807) is 24.4 Å². The van der Waals surface area contributed by atoms with Gasteiger partial charge in [-0.1, -0.05) is 23.7 Å². The molecule has 0 atom stereocenters. The van der Waals surface area contributed by atoms with E-state index in [9.17, 15) is 4.79 Å². The van der Waals surface area contributed by atoms with Crippen molar-refractivity contribution in [2.45, 2.75) is 6.42 Å². The van der Waals surface area contributed by atoms with Crippen molar-refractivity contribution in [1.82, 2.24) is 4.98 Å². The van der Waals surface area contributed by atoms with Crippen LogP contribution in [0.5, 0.6) is 5.75 Å². The number of ether oxygens (including phenoxy) is 1. The molecule has 0 saturated heterocycles. The molecule has 2 rings (SSSR count). The van der Waals surface area contributed by atoms with E-state index in [1.165, 1.54) is 0 Å². The molecule has 1 aromatic carbocycles. The fourth-order valence-corrected chi connectivity index (χ4v) is 1.77. The predicted octanol–water partition coefficient (Wildman–Crippen LogP) is 3.17. The van der Waals surface area contributed by atoms with Crippen molar-refractivity contribution in [2.24, 2.45) is 0 Å². The monoisotopic (exact) mass is 261 g/mol. The van der Waals surface area contributed by atoms with Crippen LogP contribution in [0.1, 0.15) is 16.1 Å². The molecule has 0 N–H and O–H groups in total. The molecule has 0 fully saturated rings. The van der Waals surface area contributed by atoms with E-state index < -0.39 is 0 Å². The van der Waals surface area contributed by atoms with Crippen LogP contribution in [0.4, 0.5) is 0 Å². The van der Waals surface area contributed by atoms with Crippen LogP contribution < -0.4 is 4.74 Å². The average molecular weight is 262 g/mol. The maximum atomic E-state index is 10.7. The third-order valence-corrected chi connectivity index (χ3v) is 2.87. The highest BCUT2D eigenvalue weighted by atomic mass is 35.5. The quantitative estimate of drug-likeness (QED) is 0.776. The minimum absolute atomic E-state index is 0.355. The lowest BCUT2D eigenvalue weighted by Crippen LogP contribution is -2.03. The van der Waals surface area contributed by atoms with Crippen molar-refractivity contribution in [2.75, 3.05) is 6.61 Å². The first-order valence-electron chi connectivity index (χ1n) is 5.57. The van der Waals surface area contributed by atoms with Crippen molar-refractivity contribution in [3.63, 3.8) is 0 Å². The van der Waals surface area contributed by atoms with Crippen molar-refractivity contribution in [3.8, 4) is 5.75 Å². The first kappa shape index (κ1) is 12.6. The molecule has 3 nitrogen and oxygen atoms in total. The summed E-state index contributed by atoms with van der Waals surface area (Å²) in [6, 6.07) is 10.9. The number of carbonyl (C=O) groups is 1. The molecule has 0 saturated carbocycles. The number of hydrogen-bond acceptors (Lipinski definition) is 3. The van der Waals surface area contributed by atoms with E-state index in [4.69, 9.17) is 16.3 Å². The number of aromatic nitrogens is 1. The summed E-state index contributed by atoms with van der Waals surface area (Å²) in [4.78, 5) is 14.9. The highest BCUT2D eigenvalue weighted by molar-refractivity contribution is 6.34. The fraction of sp³-hybridized carbons (Fsp3) is 0.143. The van der Waals surface area contributed by atoms with Crippen LogP contribution in [0.15, 0.2) is 42.6 Å². The van der Waals surface area contributed by atoms with Crippen LogP contribution in [0.25, 0.3) is 0 Å². The van der Waals surface area contributed by atoms with E-state index >= 15 is 0 Å². The standard InChI is InChI=1S/C14H12ClNO2/c15-14-11(10-17)4-3-6-13(14)18-9-7-12-5-1-2-8-16-12/h1-6,8,10H,7,9H2. The highest BCUT2D eigenvalue weighted by Crippen LogP contribution is 2.26. The van der Waals surface area contributed by atoms with Gasteiger partial charge < -0.3 is 4.74 Å². The maximum absolute atomic E-state index is 10.7. The summed E-state index contributed by atoms with van der Waals surface area (Å²) in [7, 11) is 0. The van der Waals surface area contributed by atoms with Gasteiger partial charge in [0.15, 0.2) is 6.29 Å². The fourth-order valence-electron chi connectivity index (χ4n) is 1.54. The Balaban J connectivity index is 1.97. The molecule has 0 bridgehead atoms. The molecule has 0 amide bonds. The van der Waals surface area contributed by atoms with Crippen molar-refractivity contribution in [1.29, 1.82) is 0 Å². The molecule has 1 heterocycles. The van der Waals surface area contributed by atoms with Gasteiger partial charge in [0.2, 0.25) is 0 Å². The molecule has 0 unspecified atom stereocenters. The van der Waals surface area contributed by atoms with Gasteiger partial charge in [-0.05, 0) is 24.3 Å². The Kier molecular flexibility index (Phi) is 4.31. The van der Waals surface area contributed by atoms with Gasteiger partial charge >= 0.3 is 0 Å². The number of carbonyl (C=O) groups excluding carboxylic acids is 1. The first-order chi connectivity index (χ1) is 8.81. The third kappa shape index (κ3) is 3.08. The normalized spacial score (nSPS) is 10.1. The Labute approximate surface area is 110 Å². The van der Waals surface area contributed by atoms with Crippen molar-refractivity contribution < 1.29 is 9.53 Å². The third-order valence-electron chi connectivity index (χ3n) is 2.46. The number of pyridine rings is 1. The second-order valence-electron chi connectivity index (χ2n) is 3.70. The molecule has 0 radical (unpaired) electrons. The van der Waals surface area contributed by atoms with E-state index in [-0.39, 0.29) is 0 Å². The van der Waals surface area contributed by atoms with Crippen LogP contribution in [0, 0.1) is 0 Å². The zero-order valence-corrected chi connectivity index (χ0v) is 10.4. The van der Waals surface area contributed by atoms with Crippen molar-refractivity contribution in [3.05, 3.63) is 58.9 Å². The SMILES string of the molecule is O=Cc1cccc(OCCc2ccccn2)c1Cl. The molecule has 0 aliphatic heterocycles. The van der Waals surface area contributed by atoms with Crippen LogP contribution >= 0.6 is 11.6 Å². The van der Waals surface area contributed by atoms with Crippen molar-refractivity contribution >= 4 is 17.9 Å². The Morgan fingerprint density at radius 3 is 2.83 bits per heavy atom. The summed E-state index contributed by atoms with van der Waals surface area (Å²) in [5, 5.41) is 0.355. The second kappa shape index (κ2) is 6.17. The molecule has 2 aromatic rings. The first-order valence-corrected chi connectivity index (χ1v) is 5.95.